The number of carbonyl (C=O) groups excluding carboxylic acids is 1. The fraction of sp³-hybridized carbons (Fsp3) is 0.182. The fourth-order valence-corrected chi connectivity index (χ4v) is 2.90. The zero-order chi connectivity index (χ0) is 18.9. The number of benzene rings is 2. The lowest BCUT2D eigenvalue weighted by Gasteiger charge is -2.18. The molecular weight excluding hydrogens is 338 g/mol. The third kappa shape index (κ3) is 5.57. The Morgan fingerprint density at radius 2 is 1.74 bits per heavy atom. The van der Waals surface area contributed by atoms with E-state index < -0.39 is 0 Å². The Balaban J connectivity index is 1.61. The molecule has 0 radical (unpaired) electrons. The molecule has 1 aromatic heterocycles. The van der Waals surface area contributed by atoms with E-state index in [0.29, 0.717) is 19.5 Å². The number of carbonyl (C=O) groups is 1. The van der Waals surface area contributed by atoms with Crippen molar-refractivity contribution < 1.29 is 9.90 Å². The van der Waals surface area contributed by atoms with E-state index in [1.54, 1.807) is 24.5 Å². The molecule has 3 N–H and O–H groups in total. The zero-order valence-corrected chi connectivity index (χ0v) is 15.0. The Labute approximate surface area is 159 Å². The minimum absolute atomic E-state index is 0.0118. The van der Waals surface area contributed by atoms with E-state index >= 15 is 0 Å². The monoisotopic (exact) mass is 361 g/mol. The summed E-state index contributed by atoms with van der Waals surface area (Å²) < 4.78 is 0. The van der Waals surface area contributed by atoms with Gasteiger partial charge in [-0.25, -0.2) is 0 Å². The first-order valence-corrected chi connectivity index (χ1v) is 8.97. The van der Waals surface area contributed by atoms with Crippen molar-refractivity contribution in [3.63, 3.8) is 0 Å². The quantitative estimate of drug-likeness (QED) is 0.538. The average Bonchev–Trinajstić information content (AvgIpc) is 2.72. The second kappa shape index (κ2) is 9.38. The SMILES string of the molecule is O=C(NCCNc1cccnc1)[C@@H](Cc1ccc(O)cc1)c1ccccc1. The summed E-state index contributed by atoms with van der Waals surface area (Å²) in [4.78, 5) is 16.9. The van der Waals surface area contributed by atoms with Crippen LogP contribution in [-0.2, 0) is 11.2 Å². The van der Waals surface area contributed by atoms with E-state index in [1.807, 2.05) is 54.6 Å². The Hall–Kier alpha value is -3.34. The molecule has 3 rings (SSSR count). The van der Waals surface area contributed by atoms with E-state index in [1.165, 1.54) is 0 Å². The topological polar surface area (TPSA) is 74.2 Å². The highest BCUT2D eigenvalue weighted by atomic mass is 16.3. The first-order valence-electron chi connectivity index (χ1n) is 8.97. The number of phenolic OH excluding ortho intramolecular Hbond substituents is 1. The molecule has 0 saturated heterocycles. The van der Waals surface area contributed by atoms with Crippen LogP contribution in [0.3, 0.4) is 0 Å². The van der Waals surface area contributed by atoms with Crippen LogP contribution in [0, 0.1) is 0 Å². The maximum absolute atomic E-state index is 12.8. The average molecular weight is 361 g/mol. The number of phenols is 1. The highest BCUT2D eigenvalue weighted by molar-refractivity contribution is 5.84. The van der Waals surface area contributed by atoms with Crippen molar-refractivity contribution >= 4 is 11.6 Å². The van der Waals surface area contributed by atoms with Crippen molar-refractivity contribution in [2.75, 3.05) is 18.4 Å². The van der Waals surface area contributed by atoms with Crippen molar-refractivity contribution in [1.82, 2.24) is 10.3 Å². The molecule has 0 bridgehead atoms. The number of nitrogens with one attached hydrogen (secondary N) is 2. The van der Waals surface area contributed by atoms with Crippen molar-refractivity contribution in [2.45, 2.75) is 12.3 Å². The van der Waals surface area contributed by atoms with Crippen LogP contribution in [0.1, 0.15) is 17.0 Å². The highest BCUT2D eigenvalue weighted by Gasteiger charge is 2.20. The number of amides is 1. The van der Waals surface area contributed by atoms with Crippen LogP contribution in [0.4, 0.5) is 5.69 Å². The first kappa shape index (κ1) is 18.5. The van der Waals surface area contributed by atoms with Crippen LogP contribution < -0.4 is 10.6 Å². The molecule has 0 aliphatic heterocycles. The predicted molar refractivity (Wildman–Crippen MR) is 107 cm³/mol. The molecule has 0 aliphatic carbocycles. The summed E-state index contributed by atoms with van der Waals surface area (Å²) in [6, 6.07) is 20.6. The number of rotatable bonds is 8. The van der Waals surface area contributed by atoms with Gasteiger partial charge in [-0.3, -0.25) is 9.78 Å². The van der Waals surface area contributed by atoms with Gasteiger partial charge in [-0.05, 0) is 41.8 Å². The zero-order valence-electron chi connectivity index (χ0n) is 15.0. The summed E-state index contributed by atoms with van der Waals surface area (Å²) in [5.74, 6) is -0.0719. The van der Waals surface area contributed by atoms with Gasteiger partial charge < -0.3 is 15.7 Å². The molecule has 0 aliphatic rings. The van der Waals surface area contributed by atoms with Gasteiger partial charge >= 0.3 is 0 Å². The molecule has 0 unspecified atom stereocenters. The summed E-state index contributed by atoms with van der Waals surface area (Å²) in [5, 5.41) is 15.7. The van der Waals surface area contributed by atoms with Crippen LogP contribution in [0.2, 0.25) is 0 Å². The molecule has 1 amide bonds. The summed E-state index contributed by atoms with van der Waals surface area (Å²) in [7, 11) is 0. The normalized spacial score (nSPS) is 11.6. The largest absolute Gasteiger partial charge is 0.508 e. The number of nitrogens with zero attached hydrogens (tertiary/aromatic N) is 1. The number of aromatic hydroxyl groups is 1. The summed E-state index contributed by atoms with van der Waals surface area (Å²) in [5.41, 5.74) is 2.91. The van der Waals surface area contributed by atoms with E-state index in [2.05, 4.69) is 15.6 Å². The van der Waals surface area contributed by atoms with E-state index in [-0.39, 0.29) is 17.6 Å². The molecule has 0 fully saturated rings. The van der Waals surface area contributed by atoms with Gasteiger partial charge in [-0.15, -0.1) is 0 Å². The van der Waals surface area contributed by atoms with Crippen molar-refractivity contribution in [2.24, 2.45) is 0 Å². The lowest BCUT2D eigenvalue weighted by Crippen LogP contribution is -2.34. The molecule has 1 heterocycles. The molecule has 138 valence electrons. The summed E-state index contributed by atoms with van der Waals surface area (Å²) in [6.07, 6.45) is 4.05. The minimum atomic E-state index is -0.283. The van der Waals surface area contributed by atoms with E-state index in [9.17, 15) is 9.90 Å². The lowest BCUT2D eigenvalue weighted by molar-refractivity contribution is -0.122. The Bertz CT molecular complexity index is 836. The maximum Gasteiger partial charge on any atom is 0.227 e. The van der Waals surface area contributed by atoms with Gasteiger partial charge in [0.05, 0.1) is 11.6 Å². The van der Waals surface area contributed by atoms with Gasteiger partial charge in [-0.1, -0.05) is 42.5 Å². The van der Waals surface area contributed by atoms with Crippen molar-refractivity contribution in [3.05, 3.63) is 90.3 Å². The molecule has 5 nitrogen and oxygen atoms in total. The molecule has 0 spiro atoms. The number of pyridine rings is 1. The standard InChI is InChI=1S/C22H23N3O2/c26-20-10-8-17(9-11-20)15-21(18-5-2-1-3-6-18)22(27)25-14-13-24-19-7-4-12-23-16-19/h1-12,16,21,24,26H,13-15H2,(H,25,27)/t21-/m0/s1. The van der Waals surface area contributed by atoms with E-state index in [4.69, 9.17) is 0 Å². The molecule has 3 aromatic rings. The summed E-state index contributed by atoms with van der Waals surface area (Å²) >= 11 is 0. The Morgan fingerprint density at radius 1 is 0.963 bits per heavy atom. The molecule has 0 saturated carbocycles. The molecule has 2 aromatic carbocycles. The van der Waals surface area contributed by atoms with Gasteiger partial charge in [0.15, 0.2) is 0 Å². The number of anilines is 1. The first-order chi connectivity index (χ1) is 13.2. The van der Waals surface area contributed by atoms with Crippen LogP contribution in [0.15, 0.2) is 79.1 Å². The van der Waals surface area contributed by atoms with Crippen LogP contribution in [-0.4, -0.2) is 29.1 Å². The third-order valence-electron chi connectivity index (χ3n) is 4.31. The molecule has 5 heteroatoms. The van der Waals surface area contributed by atoms with Crippen LogP contribution in [0.5, 0.6) is 5.75 Å². The molecule has 27 heavy (non-hydrogen) atoms. The van der Waals surface area contributed by atoms with Gasteiger partial charge in [0, 0.05) is 25.5 Å². The molecule has 1 atom stereocenters. The third-order valence-corrected chi connectivity index (χ3v) is 4.31. The molecular formula is C22H23N3O2. The number of hydrogen-bond donors (Lipinski definition) is 3. The second-order valence-electron chi connectivity index (χ2n) is 6.29. The van der Waals surface area contributed by atoms with Gasteiger partial charge in [0.25, 0.3) is 0 Å². The van der Waals surface area contributed by atoms with Crippen molar-refractivity contribution in [3.8, 4) is 5.75 Å². The Morgan fingerprint density at radius 3 is 2.44 bits per heavy atom. The van der Waals surface area contributed by atoms with Crippen LogP contribution in [0.25, 0.3) is 0 Å². The maximum atomic E-state index is 12.8. The second-order valence-corrected chi connectivity index (χ2v) is 6.29. The minimum Gasteiger partial charge on any atom is -0.508 e. The fourth-order valence-electron chi connectivity index (χ4n) is 2.90. The lowest BCUT2D eigenvalue weighted by atomic mass is 9.91. The number of aromatic nitrogens is 1. The van der Waals surface area contributed by atoms with E-state index in [0.717, 1.165) is 16.8 Å². The Kier molecular flexibility index (Phi) is 6.41. The van der Waals surface area contributed by atoms with Crippen LogP contribution >= 0.6 is 0 Å². The highest BCUT2D eigenvalue weighted by Crippen LogP contribution is 2.22. The van der Waals surface area contributed by atoms with Gasteiger partial charge in [-0.2, -0.15) is 0 Å². The number of hydrogen-bond acceptors (Lipinski definition) is 4. The van der Waals surface area contributed by atoms with Crippen molar-refractivity contribution in [1.29, 1.82) is 0 Å². The van der Waals surface area contributed by atoms with Gasteiger partial charge in [0.2, 0.25) is 5.91 Å². The van der Waals surface area contributed by atoms with Gasteiger partial charge in [0.1, 0.15) is 5.75 Å². The summed E-state index contributed by atoms with van der Waals surface area (Å²) in [6.45, 7) is 1.14. The predicted octanol–water partition coefficient (Wildman–Crippen LogP) is 3.34. The smallest absolute Gasteiger partial charge is 0.227 e.